The zero-order valence-corrected chi connectivity index (χ0v) is 11.9. The Morgan fingerprint density at radius 1 is 1.40 bits per heavy atom. The molecular formula is C15H21NO4. The molecule has 2 atom stereocenters. The Labute approximate surface area is 118 Å². The van der Waals surface area contributed by atoms with Crippen LogP contribution in [0.2, 0.25) is 0 Å². The molecule has 0 amide bonds. The van der Waals surface area contributed by atoms with E-state index < -0.39 is 0 Å². The number of Topliss-reactive ketones (excluding diaryl/α,β-unsaturated/α-hetero) is 1. The third-order valence-corrected chi connectivity index (χ3v) is 3.70. The summed E-state index contributed by atoms with van der Waals surface area (Å²) >= 11 is 0. The number of aromatic hydroxyl groups is 2. The average Bonchev–Trinajstić information content (AvgIpc) is 2.42. The lowest BCUT2D eigenvalue weighted by Crippen LogP contribution is -2.50. The van der Waals surface area contributed by atoms with Gasteiger partial charge in [0.15, 0.2) is 17.3 Å². The Balaban J connectivity index is 2.07. The highest BCUT2D eigenvalue weighted by Crippen LogP contribution is 2.25. The van der Waals surface area contributed by atoms with Gasteiger partial charge in [-0.2, -0.15) is 0 Å². The summed E-state index contributed by atoms with van der Waals surface area (Å²) in [5.74, 6) is -0.543. The normalized spacial score (nSPS) is 23.7. The molecule has 1 heterocycles. The lowest BCUT2D eigenvalue weighted by molar-refractivity contribution is -0.0523. The van der Waals surface area contributed by atoms with Crippen molar-refractivity contribution in [2.75, 3.05) is 19.7 Å². The van der Waals surface area contributed by atoms with E-state index in [1.165, 1.54) is 18.2 Å². The van der Waals surface area contributed by atoms with Crippen molar-refractivity contribution in [3.05, 3.63) is 23.8 Å². The Morgan fingerprint density at radius 3 is 2.80 bits per heavy atom. The first-order chi connectivity index (χ1) is 9.51. The molecule has 0 spiro atoms. The molecule has 5 heteroatoms. The second-order valence-corrected chi connectivity index (χ2v) is 5.26. The quantitative estimate of drug-likeness (QED) is 0.649. The van der Waals surface area contributed by atoms with Gasteiger partial charge in [0.2, 0.25) is 0 Å². The van der Waals surface area contributed by atoms with Gasteiger partial charge < -0.3 is 14.9 Å². The Morgan fingerprint density at radius 2 is 2.15 bits per heavy atom. The highest BCUT2D eigenvalue weighted by molar-refractivity contribution is 5.98. The lowest BCUT2D eigenvalue weighted by atomic mass is 10.1. The second-order valence-electron chi connectivity index (χ2n) is 5.26. The van der Waals surface area contributed by atoms with Gasteiger partial charge >= 0.3 is 0 Å². The summed E-state index contributed by atoms with van der Waals surface area (Å²) in [6.45, 7) is 5.75. The number of carbonyl (C=O) groups is 1. The van der Waals surface area contributed by atoms with Gasteiger partial charge in [0.25, 0.3) is 0 Å². The maximum absolute atomic E-state index is 12.3. The van der Waals surface area contributed by atoms with Crippen LogP contribution in [0.5, 0.6) is 11.5 Å². The molecule has 1 fully saturated rings. The van der Waals surface area contributed by atoms with Crippen LogP contribution in [-0.4, -0.2) is 52.7 Å². The number of ether oxygens (including phenoxy) is 1. The van der Waals surface area contributed by atoms with Crippen LogP contribution in [0.1, 0.15) is 30.6 Å². The van der Waals surface area contributed by atoms with Crippen LogP contribution in [0.3, 0.4) is 0 Å². The standard InChI is InChI=1S/C15H21NO4/c1-3-12-9-20-10(2)7-16(12)8-15(19)11-4-5-13(17)14(18)6-11/h4-6,10,12,17-18H,3,7-9H2,1-2H3. The summed E-state index contributed by atoms with van der Waals surface area (Å²) in [5.41, 5.74) is 0.411. The molecule has 1 aromatic rings. The van der Waals surface area contributed by atoms with E-state index in [4.69, 9.17) is 4.74 Å². The molecule has 1 saturated heterocycles. The number of phenols is 2. The van der Waals surface area contributed by atoms with Crippen LogP contribution in [0.15, 0.2) is 18.2 Å². The van der Waals surface area contributed by atoms with E-state index >= 15 is 0 Å². The number of hydrogen-bond acceptors (Lipinski definition) is 5. The molecule has 2 unspecified atom stereocenters. The monoisotopic (exact) mass is 279 g/mol. The van der Waals surface area contributed by atoms with Crippen molar-refractivity contribution in [2.24, 2.45) is 0 Å². The molecule has 2 N–H and O–H groups in total. The minimum absolute atomic E-state index is 0.0622. The molecule has 1 aliphatic rings. The number of ketones is 1. The predicted octanol–water partition coefficient (Wildman–Crippen LogP) is 1.78. The average molecular weight is 279 g/mol. The third kappa shape index (κ3) is 3.29. The lowest BCUT2D eigenvalue weighted by Gasteiger charge is -2.37. The highest BCUT2D eigenvalue weighted by Gasteiger charge is 2.27. The van der Waals surface area contributed by atoms with Gasteiger partial charge in [-0.1, -0.05) is 6.92 Å². The molecule has 1 aromatic carbocycles. The van der Waals surface area contributed by atoms with E-state index in [9.17, 15) is 15.0 Å². The molecule has 2 rings (SSSR count). The summed E-state index contributed by atoms with van der Waals surface area (Å²) in [6.07, 6.45) is 1.06. The molecule has 20 heavy (non-hydrogen) atoms. The van der Waals surface area contributed by atoms with Gasteiger partial charge in [0.1, 0.15) is 0 Å². The van der Waals surface area contributed by atoms with E-state index in [-0.39, 0.29) is 29.4 Å². The first-order valence-electron chi connectivity index (χ1n) is 6.92. The number of hydrogen-bond donors (Lipinski definition) is 2. The highest BCUT2D eigenvalue weighted by atomic mass is 16.5. The number of rotatable bonds is 4. The van der Waals surface area contributed by atoms with Crippen molar-refractivity contribution in [3.8, 4) is 11.5 Å². The maximum Gasteiger partial charge on any atom is 0.176 e. The Bertz CT molecular complexity index is 489. The van der Waals surface area contributed by atoms with Crippen molar-refractivity contribution >= 4 is 5.78 Å². The van der Waals surface area contributed by atoms with E-state index in [2.05, 4.69) is 11.8 Å². The molecule has 5 nitrogen and oxygen atoms in total. The Hall–Kier alpha value is -1.59. The van der Waals surface area contributed by atoms with Gasteiger partial charge in [-0.3, -0.25) is 9.69 Å². The molecule has 0 bridgehead atoms. The Kier molecular flexibility index (Phi) is 4.62. The van der Waals surface area contributed by atoms with Gasteiger partial charge in [-0.25, -0.2) is 0 Å². The summed E-state index contributed by atoms with van der Waals surface area (Å²) in [7, 11) is 0. The number of benzene rings is 1. The molecule has 110 valence electrons. The van der Waals surface area contributed by atoms with Crippen molar-refractivity contribution in [3.63, 3.8) is 0 Å². The van der Waals surface area contributed by atoms with Crippen molar-refractivity contribution in [1.29, 1.82) is 0 Å². The van der Waals surface area contributed by atoms with Crippen molar-refractivity contribution in [1.82, 2.24) is 4.90 Å². The smallest absolute Gasteiger partial charge is 0.176 e. The van der Waals surface area contributed by atoms with Gasteiger partial charge in [-0.05, 0) is 31.5 Å². The largest absolute Gasteiger partial charge is 0.504 e. The predicted molar refractivity (Wildman–Crippen MR) is 75.2 cm³/mol. The minimum Gasteiger partial charge on any atom is -0.504 e. The molecular weight excluding hydrogens is 258 g/mol. The molecule has 0 aliphatic carbocycles. The topological polar surface area (TPSA) is 70.0 Å². The summed E-state index contributed by atoms with van der Waals surface area (Å²) in [5, 5.41) is 18.7. The fourth-order valence-corrected chi connectivity index (χ4v) is 2.46. The second kappa shape index (κ2) is 6.24. The molecule has 1 aliphatic heterocycles. The summed E-state index contributed by atoms with van der Waals surface area (Å²) in [4.78, 5) is 14.4. The van der Waals surface area contributed by atoms with Gasteiger partial charge in [0.05, 0.1) is 19.3 Å². The van der Waals surface area contributed by atoms with E-state index in [1.54, 1.807) is 0 Å². The fraction of sp³-hybridized carbons (Fsp3) is 0.533. The van der Waals surface area contributed by atoms with Gasteiger partial charge in [0, 0.05) is 18.2 Å². The van der Waals surface area contributed by atoms with Gasteiger partial charge in [-0.15, -0.1) is 0 Å². The zero-order valence-electron chi connectivity index (χ0n) is 11.9. The SMILES string of the molecule is CCC1COC(C)CN1CC(=O)c1ccc(O)c(O)c1. The van der Waals surface area contributed by atoms with Crippen molar-refractivity contribution < 1.29 is 19.7 Å². The fourth-order valence-electron chi connectivity index (χ4n) is 2.46. The summed E-state index contributed by atoms with van der Waals surface area (Å²) < 4.78 is 5.61. The van der Waals surface area contributed by atoms with Crippen LogP contribution in [0.25, 0.3) is 0 Å². The first-order valence-corrected chi connectivity index (χ1v) is 6.92. The first kappa shape index (κ1) is 14.8. The van der Waals surface area contributed by atoms with Crippen LogP contribution in [0.4, 0.5) is 0 Å². The number of morpholine rings is 1. The van der Waals surface area contributed by atoms with E-state index in [0.717, 1.165) is 13.0 Å². The van der Waals surface area contributed by atoms with Crippen LogP contribution < -0.4 is 0 Å². The number of nitrogens with zero attached hydrogens (tertiary/aromatic N) is 1. The zero-order chi connectivity index (χ0) is 14.7. The van der Waals surface area contributed by atoms with E-state index in [0.29, 0.717) is 18.7 Å². The molecule has 0 radical (unpaired) electrons. The van der Waals surface area contributed by atoms with Crippen molar-refractivity contribution in [2.45, 2.75) is 32.4 Å². The van der Waals surface area contributed by atoms with E-state index in [1.807, 2.05) is 6.92 Å². The van der Waals surface area contributed by atoms with Crippen LogP contribution in [0, 0.1) is 0 Å². The number of carbonyl (C=O) groups excluding carboxylic acids is 1. The maximum atomic E-state index is 12.3. The van der Waals surface area contributed by atoms with Crippen LogP contribution in [-0.2, 0) is 4.74 Å². The minimum atomic E-state index is -0.266. The van der Waals surface area contributed by atoms with Crippen LogP contribution >= 0.6 is 0 Å². The third-order valence-electron chi connectivity index (χ3n) is 3.70. The number of phenolic OH excluding ortho intramolecular Hbond substituents is 2. The molecule has 0 aromatic heterocycles. The summed E-state index contributed by atoms with van der Waals surface area (Å²) in [6, 6.07) is 4.42. The molecule has 0 saturated carbocycles.